The SMILES string of the molecule is CC1(C)OC[C@H](CS(=O)(=O)c2ccc(CCO)cc2)O1. The molecule has 1 aromatic rings. The molecule has 1 heterocycles. The molecule has 0 unspecified atom stereocenters. The lowest BCUT2D eigenvalue weighted by Crippen LogP contribution is -2.26. The Morgan fingerprint density at radius 1 is 1.30 bits per heavy atom. The van der Waals surface area contributed by atoms with Crippen molar-refractivity contribution in [3.63, 3.8) is 0 Å². The lowest BCUT2D eigenvalue weighted by Gasteiger charge is -2.17. The third-order valence-electron chi connectivity index (χ3n) is 3.16. The summed E-state index contributed by atoms with van der Waals surface area (Å²) in [4.78, 5) is 0.271. The maximum absolute atomic E-state index is 12.3. The zero-order chi connectivity index (χ0) is 14.8. The number of aliphatic hydroxyl groups excluding tert-OH is 1. The predicted octanol–water partition coefficient (Wildman–Crippen LogP) is 1.15. The molecule has 0 amide bonds. The highest BCUT2D eigenvalue weighted by atomic mass is 32.2. The highest BCUT2D eigenvalue weighted by Crippen LogP contribution is 2.25. The molecular weight excluding hydrogens is 280 g/mol. The first kappa shape index (κ1) is 15.4. The Kier molecular flexibility index (Phi) is 4.49. The first-order valence-electron chi connectivity index (χ1n) is 6.57. The summed E-state index contributed by atoms with van der Waals surface area (Å²) >= 11 is 0. The van der Waals surface area contributed by atoms with Crippen LogP contribution in [-0.4, -0.2) is 44.4 Å². The van der Waals surface area contributed by atoms with Gasteiger partial charge in [-0.1, -0.05) is 12.1 Å². The first-order valence-corrected chi connectivity index (χ1v) is 8.22. The fraction of sp³-hybridized carbons (Fsp3) is 0.571. The molecule has 0 aliphatic carbocycles. The molecule has 0 saturated carbocycles. The van der Waals surface area contributed by atoms with Gasteiger partial charge in [0.05, 0.1) is 23.4 Å². The van der Waals surface area contributed by atoms with Gasteiger partial charge in [-0.05, 0) is 38.0 Å². The van der Waals surface area contributed by atoms with E-state index in [-0.39, 0.29) is 23.9 Å². The molecule has 112 valence electrons. The average Bonchev–Trinajstić information content (AvgIpc) is 2.69. The molecule has 0 spiro atoms. The van der Waals surface area contributed by atoms with Crippen molar-refractivity contribution in [2.45, 2.75) is 37.1 Å². The van der Waals surface area contributed by atoms with E-state index in [1.165, 1.54) is 0 Å². The van der Waals surface area contributed by atoms with Crippen LogP contribution < -0.4 is 0 Å². The number of benzene rings is 1. The van der Waals surface area contributed by atoms with Gasteiger partial charge in [-0.15, -0.1) is 0 Å². The van der Waals surface area contributed by atoms with Gasteiger partial charge in [0.2, 0.25) is 0 Å². The van der Waals surface area contributed by atoms with Crippen molar-refractivity contribution in [2.24, 2.45) is 0 Å². The van der Waals surface area contributed by atoms with Crippen LogP contribution in [0.15, 0.2) is 29.2 Å². The molecule has 1 aliphatic heterocycles. The van der Waals surface area contributed by atoms with Gasteiger partial charge >= 0.3 is 0 Å². The fourth-order valence-corrected chi connectivity index (χ4v) is 3.58. The van der Waals surface area contributed by atoms with Crippen molar-refractivity contribution in [1.82, 2.24) is 0 Å². The Bertz CT molecular complexity index is 547. The zero-order valence-electron chi connectivity index (χ0n) is 11.7. The summed E-state index contributed by atoms with van der Waals surface area (Å²) in [6, 6.07) is 6.58. The van der Waals surface area contributed by atoms with Crippen LogP contribution in [0.4, 0.5) is 0 Å². The van der Waals surface area contributed by atoms with Gasteiger partial charge in [0.15, 0.2) is 15.6 Å². The standard InChI is InChI=1S/C14H20O5S/c1-14(2)18-9-12(19-14)10-20(16,17)13-5-3-11(4-6-13)7-8-15/h3-6,12,15H,7-10H2,1-2H3/t12-/m1/s1. The fourth-order valence-electron chi connectivity index (χ4n) is 2.18. The van der Waals surface area contributed by atoms with E-state index in [4.69, 9.17) is 14.6 Å². The molecule has 1 aliphatic rings. The molecule has 6 heteroatoms. The summed E-state index contributed by atoms with van der Waals surface area (Å²) in [6.45, 7) is 3.87. The summed E-state index contributed by atoms with van der Waals surface area (Å²) < 4.78 is 35.5. The van der Waals surface area contributed by atoms with E-state index in [1.54, 1.807) is 38.1 Å². The van der Waals surface area contributed by atoms with E-state index >= 15 is 0 Å². The van der Waals surface area contributed by atoms with Crippen molar-refractivity contribution >= 4 is 9.84 Å². The Balaban J connectivity index is 2.07. The van der Waals surface area contributed by atoms with E-state index in [9.17, 15) is 8.42 Å². The summed E-state index contributed by atoms with van der Waals surface area (Å²) in [6.07, 6.45) is 0.0841. The molecule has 0 aromatic heterocycles. The molecule has 1 saturated heterocycles. The molecule has 20 heavy (non-hydrogen) atoms. The molecule has 0 bridgehead atoms. The minimum absolute atomic E-state index is 0.0500. The molecule has 1 fully saturated rings. The van der Waals surface area contributed by atoms with Gasteiger partial charge in [0.1, 0.15) is 0 Å². The number of hydrogen-bond acceptors (Lipinski definition) is 5. The molecule has 1 N–H and O–H groups in total. The predicted molar refractivity (Wildman–Crippen MR) is 74.2 cm³/mol. The number of aliphatic hydroxyl groups is 1. The third kappa shape index (κ3) is 3.79. The van der Waals surface area contributed by atoms with E-state index in [2.05, 4.69) is 0 Å². The monoisotopic (exact) mass is 300 g/mol. The molecule has 0 radical (unpaired) electrons. The van der Waals surface area contributed by atoms with E-state index in [0.717, 1.165) is 5.56 Å². The Labute approximate surface area is 119 Å². The summed E-state index contributed by atoms with van der Waals surface area (Å²) in [5, 5.41) is 8.84. The number of sulfone groups is 1. The normalized spacial score (nSPS) is 22.1. The van der Waals surface area contributed by atoms with E-state index in [1.807, 2.05) is 0 Å². The second-order valence-electron chi connectivity index (χ2n) is 5.35. The van der Waals surface area contributed by atoms with Crippen molar-refractivity contribution < 1.29 is 23.0 Å². The molecule has 1 aromatic carbocycles. The van der Waals surface area contributed by atoms with Crippen molar-refractivity contribution in [3.8, 4) is 0 Å². The summed E-state index contributed by atoms with van der Waals surface area (Å²) in [5.41, 5.74) is 0.910. The van der Waals surface area contributed by atoms with Gasteiger partial charge in [-0.25, -0.2) is 8.42 Å². The number of rotatable bonds is 5. The molecule has 5 nitrogen and oxygen atoms in total. The first-order chi connectivity index (χ1) is 9.32. The number of ether oxygens (including phenoxy) is 2. The lowest BCUT2D eigenvalue weighted by molar-refractivity contribution is -0.135. The Hall–Kier alpha value is -0.950. The van der Waals surface area contributed by atoms with Gasteiger partial charge in [-0.3, -0.25) is 0 Å². The molecule has 1 atom stereocenters. The van der Waals surface area contributed by atoms with Gasteiger partial charge < -0.3 is 14.6 Å². The van der Waals surface area contributed by atoms with E-state index in [0.29, 0.717) is 6.42 Å². The summed E-state index contributed by atoms with van der Waals surface area (Å²) in [7, 11) is -3.39. The van der Waals surface area contributed by atoms with Crippen molar-refractivity contribution in [3.05, 3.63) is 29.8 Å². The Morgan fingerprint density at radius 3 is 2.45 bits per heavy atom. The van der Waals surface area contributed by atoms with Crippen LogP contribution in [0.25, 0.3) is 0 Å². The van der Waals surface area contributed by atoms with Crippen molar-refractivity contribution in [1.29, 1.82) is 0 Å². The highest BCUT2D eigenvalue weighted by Gasteiger charge is 2.35. The van der Waals surface area contributed by atoms with Crippen LogP contribution in [-0.2, 0) is 25.7 Å². The maximum atomic E-state index is 12.3. The van der Waals surface area contributed by atoms with Gasteiger partial charge in [0.25, 0.3) is 0 Å². The zero-order valence-corrected chi connectivity index (χ0v) is 12.5. The largest absolute Gasteiger partial charge is 0.396 e. The minimum Gasteiger partial charge on any atom is -0.396 e. The number of hydrogen-bond donors (Lipinski definition) is 1. The van der Waals surface area contributed by atoms with Crippen LogP contribution in [0.5, 0.6) is 0 Å². The summed E-state index contributed by atoms with van der Waals surface area (Å²) in [5.74, 6) is -0.805. The Morgan fingerprint density at radius 2 is 1.95 bits per heavy atom. The second kappa shape index (κ2) is 5.81. The molecular formula is C14H20O5S. The lowest BCUT2D eigenvalue weighted by atomic mass is 10.2. The highest BCUT2D eigenvalue weighted by molar-refractivity contribution is 7.91. The van der Waals surface area contributed by atoms with Crippen molar-refractivity contribution in [2.75, 3.05) is 19.0 Å². The topological polar surface area (TPSA) is 72.8 Å². The maximum Gasteiger partial charge on any atom is 0.181 e. The van der Waals surface area contributed by atoms with Crippen LogP contribution in [0.1, 0.15) is 19.4 Å². The second-order valence-corrected chi connectivity index (χ2v) is 7.38. The van der Waals surface area contributed by atoms with Gasteiger partial charge in [-0.2, -0.15) is 0 Å². The minimum atomic E-state index is -3.39. The third-order valence-corrected chi connectivity index (χ3v) is 4.96. The van der Waals surface area contributed by atoms with Crippen LogP contribution in [0.3, 0.4) is 0 Å². The van der Waals surface area contributed by atoms with E-state index < -0.39 is 21.7 Å². The van der Waals surface area contributed by atoms with Crippen LogP contribution in [0, 0.1) is 0 Å². The van der Waals surface area contributed by atoms with Crippen LogP contribution >= 0.6 is 0 Å². The average molecular weight is 300 g/mol. The smallest absolute Gasteiger partial charge is 0.181 e. The van der Waals surface area contributed by atoms with Gasteiger partial charge in [0, 0.05) is 6.61 Å². The quantitative estimate of drug-likeness (QED) is 0.883. The van der Waals surface area contributed by atoms with Crippen LogP contribution in [0.2, 0.25) is 0 Å². The molecule has 2 rings (SSSR count).